The van der Waals surface area contributed by atoms with Crippen molar-refractivity contribution in [3.05, 3.63) is 29.3 Å². The molecule has 2 atom stereocenters. The molecule has 0 spiro atoms. The van der Waals surface area contributed by atoms with Crippen LogP contribution in [-0.2, 0) is 14.8 Å². The highest BCUT2D eigenvalue weighted by atomic mass is 35.5. The van der Waals surface area contributed by atoms with Crippen molar-refractivity contribution in [2.75, 3.05) is 10.5 Å². The van der Waals surface area contributed by atoms with E-state index in [1.165, 1.54) is 0 Å². The Bertz CT molecular complexity index is 711. The molecule has 3 rings (SSSR count). The number of anilines is 1. The molecule has 0 saturated heterocycles. The molecule has 2 aliphatic carbocycles. The average molecular weight is 342 g/mol. The summed E-state index contributed by atoms with van der Waals surface area (Å²) in [7, 11) is -3.59. The molecular weight excluding hydrogens is 322 g/mol. The summed E-state index contributed by atoms with van der Waals surface area (Å²) >= 11 is 5.81. The summed E-state index contributed by atoms with van der Waals surface area (Å²) < 4.78 is 27.7. The molecule has 2 saturated carbocycles. The first kappa shape index (κ1) is 15.8. The average Bonchev–Trinajstić information content (AvgIpc) is 2.74. The van der Waals surface area contributed by atoms with Crippen LogP contribution in [0.2, 0.25) is 5.02 Å². The van der Waals surface area contributed by atoms with Crippen LogP contribution in [0.15, 0.2) is 24.3 Å². The van der Waals surface area contributed by atoms with Crippen molar-refractivity contribution in [2.45, 2.75) is 33.1 Å². The lowest BCUT2D eigenvalue weighted by molar-refractivity contribution is -0.128. The summed E-state index contributed by atoms with van der Waals surface area (Å²) in [5.74, 6) is 0.284. The first-order chi connectivity index (χ1) is 10.2. The van der Waals surface area contributed by atoms with Crippen LogP contribution >= 0.6 is 11.6 Å². The lowest BCUT2D eigenvalue weighted by atomic mass is 9.70. The van der Waals surface area contributed by atoms with Crippen LogP contribution in [0.1, 0.15) is 33.1 Å². The third kappa shape index (κ3) is 2.35. The van der Waals surface area contributed by atoms with Gasteiger partial charge < -0.3 is 0 Å². The van der Waals surface area contributed by atoms with Crippen molar-refractivity contribution in [1.29, 1.82) is 0 Å². The van der Waals surface area contributed by atoms with Crippen LogP contribution in [0, 0.1) is 16.7 Å². The van der Waals surface area contributed by atoms with Crippen molar-refractivity contribution in [3.63, 3.8) is 0 Å². The first-order valence-electron chi connectivity index (χ1n) is 7.46. The third-order valence-corrected chi connectivity index (χ3v) is 7.36. The largest absolute Gasteiger partial charge is 0.299 e. The van der Waals surface area contributed by atoms with Gasteiger partial charge in [-0.25, -0.2) is 8.42 Å². The smallest absolute Gasteiger partial charge is 0.233 e. The van der Waals surface area contributed by atoms with Crippen molar-refractivity contribution < 1.29 is 13.2 Å². The number of benzene rings is 1. The van der Waals surface area contributed by atoms with Gasteiger partial charge in [0.1, 0.15) is 5.78 Å². The van der Waals surface area contributed by atoms with E-state index in [1.54, 1.807) is 24.3 Å². The molecular formula is C16H20ClNO3S. The van der Waals surface area contributed by atoms with E-state index in [4.69, 9.17) is 11.6 Å². The van der Waals surface area contributed by atoms with E-state index in [9.17, 15) is 13.2 Å². The van der Waals surface area contributed by atoms with Crippen molar-refractivity contribution >= 4 is 33.1 Å². The summed E-state index contributed by atoms with van der Waals surface area (Å²) in [6.45, 7) is 4.07. The first-order valence-corrected chi connectivity index (χ1v) is 9.49. The van der Waals surface area contributed by atoms with Gasteiger partial charge in [-0.15, -0.1) is 0 Å². The molecule has 1 aromatic rings. The normalized spacial score (nSPS) is 29.8. The fourth-order valence-electron chi connectivity index (χ4n) is 4.17. The second-order valence-electron chi connectivity index (χ2n) is 7.03. The van der Waals surface area contributed by atoms with Crippen molar-refractivity contribution in [2.24, 2.45) is 16.7 Å². The molecule has 0 radical (unpaired) electrons. The van der Waals surface area contributed by atoms with Gasteiger partial charge in [0, 0.05) is 17.1 Å². The number of rotatable bonds is 4. The zero-order chi connectivity index (χ0) is 16.2. The molecule has 2 aliphatic rings. The van der Waals surface area contributed by atoms with E-state index in [-0.39, 0.29) is 17.0 Å². The Balaban J connectivity index is 1.85. The van der Waals surface area contributed by atoms with E-state index in [0.29, 0.717) is 29.5 Å². The Kier molecular flexibility index (Phi) is 3.57. The zero-order valence-electron chi connectivity index (χ0n) is 12.7. The lowest BCUT2D eigenvalue weighted by Gasteiger charge is -2.36. The van der Waals surface area contributed by atoms with Crippen molar-refractivity contribution in [1.82, 2.24) is 0 Å². The molecule has 4 nitrogen and oxygen atoms in total. The Morgan fingerprint density at radius 1 is 1.27 bits per heavy atom. The summed E-state index contributed by atoms with van der Waals surface area (Å²) in [4.78, 5) is 12.4. The monoisotopic (exact) mass is 341 g/mol. The molecule has 0 amide bonds. The molecule has 0 heterocycles. The minimum Gasteiger partial charge on any atom is -0.299 e. The fraction of sp³-hybridized carbons (Fsp3) is 0.562. The number of sulfonamides is 1. The van der Waals surface area contributed by atoms with E-state index >= 15 is 0 Å². The molecule has 6 heteroatoms. The number of fused-ring (bicyclic) bond motifs is 2. The maximum Gasteiger partial charge on any atom is 0.233 e. The number of ketones is 1. The van der Waals surface area contributed by atoms with Crippen LogP contribution < -0.4 is 4.72 Å². The molecule has 2 fully saturated rings. The number of hydrogen-bond acceptors (Lipinski definition) is 3. The number of Topliss-reactive ketones (excluding diaryl/α,β-unsaturated/α-hetero) is 1. The summed E-state index contributed by atoms with van der Waals surface area (Å²) in [6.07, 6.45) is 2.13. The fourth-order valence-corrected chi connectivity index (χ4v) is 6.19. The quantitative estimate of drug-likeness (QED) is 0.911. The Labute approximate surface area is 136 Å². The Hall–Kier alpha value is -1.07. The van der Waals surface area contributed by atoms with E-state index in [1.807, 2.05) is 13.8 Å². The van der Waals surface area contributed by atoms with Gasteiger partial charge in [-0.1, -0.05) is 25.4 Å². The molecule has 120 valence electrons. The summed E-state index contributed by atoms with van der Waals surface area (Å²) in [5, 5.41) is 0.548. The molecule has 2 bridgehead atoms. The van der Waals surface area contributed by atoms with Gasteiger partial charge in [0.15, 0.2) is 0 Å². The van der Waals surface area contributed by atoms with Crippen LogP contribution in [-0.4, -0.2) is 20.0 Å². The highest BCUT2D eigenvalue weighted by molar-refractivity contribution is 7.92. The number of carbonyl (C=O) groups is 1. The maximum absolute atomic E-state index is 12.6. The third-order valence-electron chi connectivity index (χ3n) is 5.69. The number of carbonyl (C=O) groups excluding carboxylic acids is 1. The van der Waals surface area contributed by atoms with Gasteiger partial charge in [-0.2, -0.15) is 0 Å². The zero-order valence-corrected chi connectivity index (χ0v) is 14.3. The van der Waals surface area contributed by atoms with Gasteiger partial charge in [0.05, 0.1) is 11.2 Å². The Morgan fingerprint density at radius 2 is 1.91 bits per heavy atom. The van der Waals surface area contributed by atoms with Gasteiger partial charge in [-0.05, 0) is 48.4 Å². The molecule has 1 aromatic carbocycles. The number of hydrogen-bond donors (Lipinski definition) is 1. The highest BCUT2D eigenvalue weighted by Crippen LogP contribution is 2.64. The minimum atomic E-state index is -3.59. The van der Waals surface area contributed by atoms with Gasteiger partial charge >= 0.3 is 0 Å². The molecule has 0 aliphatic heterocycles. The van der Waals surface area contributed by atoms with Crippen LogP contribution in [0.25, 0.3) is 0 Å². The molecule has 0 unspecified atom stereocenters. The van der Waals surface area contributed by atoms with Crippen molar-refractivity contribution in [3.8, 4) is 0 Å². The molecule has 22 heavy (non-hydrogen) atoms. The SMILES string of the molecule is CC1(C)[C@@H]2CC[C@]1(CS(=O)(=O)Nc1ccc(Cl)cc1)C(=O)C2. The second kappa shape index (κ2) is 4.96. The second-order valence-corrected chi connectivity index (χ2v) is 9.19. The summed E-state index contributed by atoms with van der Waals surface area (Å²) in [5.41, 5.74) is -0.520. The highest BCUT2D eigenvalue weighted by Gasteiger charge is 2.65. The lowest BCUT2D eigenvalue weighted by Crippen LogP contribution is -2.43. The Morgan fingerprint density at radius 3 is 2.41 bits per heavy atom. The van der Waals surface area contributed by atoms with E-state index < -0.39 is 15.4 Å². The number of nitrogens with one attached hydrogen (secondary N) is 1. The molecule has 0 aromatic heterocycles. The van der Waals surface area contributed by atoms with Gasteiger partial charge in [-0.3, -0.25) is 9.52 Å². The predicted molar refractivity (Wildman–Crippen MR) is 87.4 cm³/mol. The van der Waals surface area contributed by atoms with E-state index in [0.717, 1.165) is 6.42 Å². The van der Waals surface area contributed by atoms with Crippen LogP contribution in [0.3, 0.4) is 0 Å². The number of halogens is 1. The molecule has 1 N–H and O–H groups in total. The minimum absolute atomic E-state index is 0.107. The van der Waals surface area contributed by atoms with Gasteiger partial charge in [0.25, 0.3) is 0 Å². The predicted octanol–water partition coefficient (Wildman–Crippen LogP) is 3.48. The standard InChI is InChI=1S/C16H20ClNO3S/c1-15(2)11-7-8-16(15,14(19)9-11)10-22(20,21)18-13-5-3-12(17)4-6-13/h3-6,11,18H,7-10H2,1-2H3/t11-,16+/m1/s1. The van der Waals surface area contributed by atoms with Gasteiger partial charge in [0.2, 0.25) is 10.0 Å². The summed E-state index contributed by atoms with van der Waals surface area (Å²) in [6, 6.07) is 6.51. The van der Waals surface area contributed by atoms with Crippen LogP contribution in [0.5, 0.6) is 0 Å². The van der Waals surface area contributed by atoms with Crippen LogP contribution in [0.4, 0.5) is 5.69 Å². The maximum atomic E-state index is 12.6. The topological polar surface area (TPSA) is 63.2 Å². The van der Waals surface area contributed by atoms with E-state index in [2.05, 4.69) is 4.72 Å².